The summed E-state index contributed by atoms with van der Waals surface area (Å²) in [6.07, 6.45) is 10.4. The Balaban J connectivity index is 1.11. The molecule has 6 aliphatic carbocycles. The lowest BCUT2D eigenvalue weighted by molar-refractivity contribution is -0.180. The maximum atomic E-state index is 15.2. The molecule has 3 N–H and O–H groups in total. The zero-order valence-corrected chi connectivity index (χ0v) is 32.9. The van der Waals surface area contributed by atoms with Crippen molar-refractivity contribution < 1.29 is 29.2 Å². The SMILES string of the molecule is C[C@]12CC[C@H]3[C@]4(C=C[C@@]5(C=C4C(=O)Cc4c(F)cccc4Cl)CC(O)CC[C@]35C)[C@@H]1CC[C@@]2(O)CN(Cc1ccccc1)C[C@@H](O)COCc1ccccc1. The van der Waals surface area contributed by atoms with Gasteiger partial charge in [0.15, 0.2) is 5.78 Å². The molecule has 0 saturated heterocycles. The number of aliphatic hydroxyl groups is 3. The summed E-state index contributed by atoms with van der Waals surface area (Å²) in [6, 6.07) is 24.6. The Labute approximate surface area is 330 Å². The Kier molecular flexibility index (Phi) is 10.3. The number of hydrogen-bond donors (Lipinski definition) is 3. The molecule has 8 heteroatoms. The molecule has 3 fully saturated rings. The lowest BCUT2D eigenvalue weighted by Gasteiger charge is -2.71. The van der Waals surface area contributed by atoms with Gasteiger partial charge >= 0.3 is 0 Å². The predicted octanol–water partition coefficient (Wildman–Crippen LogP) is 8.26. The van der Waals surface area contributed by atoms with Crippen molar-refractivity contribution in [1.82, 2.24) is 4.90 Å². The summed E-state index contributed by atoms with van der Waals surface area (Å²) in [5.41, 5.74) is 0.0848. The Bertz CT molecular complexity index is 1940. The molecule has 9 atom stereocenters. The van der Waals surface area contributed by atoms with E-state index in [9.17, 15) is 20.1 Å². The van der Waals surface area contributed by atoms with Crippen LogP contribution >= 0.6 is 11.6 Å². The van der Waals surface area contributed by atoms with Crippen LogP contribution in [0, 0.1) is 39.3 Å². The molecule has 0 radical (unpaired) electrons. The van der Waals surface area contributed by atoms with Gasteiger partial charge < -0.3 is 20.1 Å². The Morgan fingerprint density at radius 3 is 2.31 bits per heavy atom. The number of halogens is 2. The van der Waals surface area contributed by atoms with E-state index in [1.54, 1.807) is 12.1 Å². The minimum Gasteiger partial charge on any atom is -0.393 e. The number of ketones is 1. The van der Waals surface area contributed by atoms with E-state index in [2.05, 4.69) is 49.1 Å². The second-order valence-corrected chi connectivity index (χ2v) is 18.3. The highest BCUT2D eigenvalue weighted by atomic mass is 35.5. The summed E-state index contributed by atoms with van der Waals surface area (Å²) in [4.78, 5) is 17.0. The molecule has 3 saturated carbocycles. The van der Waals surface area contributed by atoms with Crippen molar-refractivity contribution in [3.05, 3.63) is 130 Å². The van der Waals surface area contributed by atoms with Crippen LogP contribution in [0.25, 0.3) is 0 Å². The van der Waals surface area contributed by atoms with Crippen LogP contribution in [0.15, 0.2) is 103 Å². The van der Waals surface area contributed by atoms with Crippen molar-refractivity contribution in [3.63, 3.8) is 0 Å². The quantitative estimate of drug-likeness (QED) is 0.152. The van der Waals surface area contributed by atoms with Gasteiger partial charge in [-0.05, 0) is 85.5 Å². The van der Waals surface area contributed by atoms with Crippen LogP contribution < -0.4 is 0 Å². The van der Waals surface area contributed by atoms with Crippen molar-refractivity contribution in [2.24, 2.45) is 33.5 Å². The molecule has 292 valence electrons. The Morgan fingerprint density at radius 2 is 1.58 bits per heavy atom. The van der Waals surface area contributed by atoms with E-state index in [0.717, 1.165) is 43.2 Å². The van der Waals surface area contributed by atoms with Gasteiger partial charge in [-0.1, -0.05) is 110 Å². The first-order valence-electron chi connectivity index (χ1n) is 20.2. The molecule has 0 heterocycles. The summed E-state index contributed by atoms with van der Waals surface area (Å²) in [5.74, 6) is -0.544. The first-order chi connectivity index (χ1) is 26.3. The first-order valence-corrected chi connectivity index (χ1v) is 20.6. The number of rotatable bonds is 13. The topological polar surface area (TPSA) is 90.2 Å². The molecule has 6 aliphatic rings. The van der Waals surface area contributed by atoms with Gasteiger partial charge in [0.05, 0.1) is 31.0 Å². The van der Waals surface area contributed by atoms with Crippen molar-refractivity contribution in [3.8, 4) is 0 Å². The number of benzene rings is 3. The van der Waals surface area contributed by atoms with Crippen molar-refractivity contribution in [2.75, 3.05) is 19.7 Å². The van der Waals surface area contributed by atoms with Gasteiger partial charge in [0.2, 0.25) is 0 Å². The number of carbonyl (C=O) groups is 1. The lowest BCUT2D eigenvalue weighted by Crippen LogP contribution is -2.67. The number of hydrogen-bond acceptors (Lipinski definition) is 6. The van der Waals surface area contributed by atoms with E-state index in [1.807, 2.05) is 48.5 Å². The third-order valence-corrected chi connectivity index (χ3v) is 15.4. The van der Waals surface area contributed by atoms with Gasteiger partial charge in [0, 0.05) is 58.5 Å². The second kappa shape index (κ2) is 14.6. The zero-order valence-electron chi connectivity index (χ0n) is 32.1. The third kappa shape index (κ3) is 6.47. The van der Waals surface area contributed by atoms with Gasteiger partial charge in [-0.3, -0.25) is 9.69 Å². The molecule has 9 rings (SSSR count). The number of nitrogens with zero attached hydrogens (tertiary/aromatic N) is 1. The molecule has 3 aromatic carbocycles. The van der Waals surface area contributed by atoms with Gasteiger partial charge in [-0.15, -0.1) is 0 Å². The van der Waals surface area contributed by atoms with Crippen LogP contribution in [0.1, 0.15) is 75.5 Å². The molecule has 0 amide bonds. The fourth-order valence-corrected chi connectivity index (χ4v) is 12.5. The number of carbonyl (C=O) groups excluding carboxylic acids is 1. The highest BCUT2D eigenvalue weighted by molar-refractivity contribution is 6.31. The van der Waals surface area contributed by atoms with Gasteiger partial charge in [0.1, 0.15) is 5.82 Å². The number of aliphatic hydroxyl groups excluding tert-OH is 2. The summed E-state index contributed by atoms with van der Waals surface area (Å²) in [6.45, 7) is 6.42. The van der Waals surface area contributed by atoms with E-state index in [4.69, 9.17) is 16.3 Å². The summed E-state index contributed by atoms with van der Waals surface area (Å²) in [5, 5.41) is 35.7. The fraction of sp³-hybridized carbons (Fsp3) is 0.511. The number of allylic oxidation sites excluding steroid dienone is 4. The third-order valence-electron chi connectivity index (χ3n) is 15.0. The van der Waals surface area contributed by atoms with Gasteiger partial charge in [-0.25, -0.2) is 4.39 Å². The molecule has 0 aliphatic heterocycles. The van der Waals surface area contributed by atoms with Crippen LogP contribution in [0.2, 0.25) is 5.02 Å². The van der Waals surface area contributed by atoms with Crippen LogP contribution in [-0.2, 0) is 29.1 Å². The number of fused-ring (bicyclic) bond motifs is 1. The molecular weight excluding hydrogens is 713 g/mol. The summed E-state index contributed by atoms with van der Waals surface area (Å²) < 4.78 is 21.1. The van der Waals surface area contributed by atoms with Crippen molar-refractivity contribution in [1.29, 1.82) is 0 Å². The summed E-state index contributed by atoms with van der Waals surface area (Å²) in [7, 11) is 0. The maximum absolute atomic E-state index is 15.2. The van der Waals surface area contributed by atoms with Crippen LogP contribution in [0.3, 0.4) is 0 Å². The van der Waals surface area contributed by atoms with Crippen molar-refractivity contribution >= 4 is 17.4 Å². The predicted molar refractivity (Wildman–Crippen MR) is 213 cm³/mol. The van der Waals surface area contributed by atoms with E-state index >= 15 is 4.39 Å². The molecule has 0 aromatic heterocycles. The molecule has 55 heavy (non-hydrogen) atoms. The Hall–Kier alpha value is -3.17. The van der Waals surface area contributed by atoms with E-state index < -0.39 is 39.9 Å². The molecule has 3 aromatic rings. The standard InChI is InChI=1S/C47H55ClFNO5/c1-43-19-16-34(51)25-45(43)22-23-47(37(26-45)40(53)24-36-38(48)14-9-15-39(36)49)41(43)17-20-44(2)42(47)18-21-46(44,54)31-50(27-32-10-5-3-6-11-32)28-35(52)30-55-29-33-12-7-4-8-13-33/h3-15,22-23,26,34-35,41-42,51-52,54H,16-21,24-25,27-31H2,1-2H3/t34?,35-,41-,42-,43-,44+,45+,46-,47-/m1/s1. The molecule has 2 bridgehead atoms. The highest BCUT2D eigenvalue weighted by Gasteiger charge is 2.74. The smallest absolute Gasteiger partial charge is 0.164 e. The van der Waals surface area contributed by atoms with E-state index in [1.165, 1.54) is 6.07 Å². The largest absolute Gasteiger partial charge is 0.393 e. The second-order valence-electron chi connectivity index (χ2n) is 17.9. The molecule has 6 nitrogen and oxygen atoms in total. The maximum Gasteiger partial charge on any atom is 0.164 e. The minimum atomic E-state index is -1.11. The number of Topliss-reactive ketones (excluding diaryl/α,β-unsaturated/α-hetero) is 1. The summed E-state index contributed by atoms with van der Waals surface area (Å²) >= 11 is 6.50. The monoisotopic (exact) mass is 767 g/mol. The van der Waals surface area contributed by atoms with E-state index in [-0.39, 0.29) is 46.6 Å². The first kappa shape index (κ1) is 38.7. The fourth-order valence-electron chi connectivity index (χ4n) is 12.2. The molecule has 1 unspecified atom stereocenters. The van der Waals surface area contributed by atoms with Gasteiger partial charge in [-0.2, -0.15) is 0 Å². The lowest BCUT2D eigenvalue weighted by atomic mass is 9.32. The number of ether oxygens (including phenoxy) is 1. The van der Waals surface area contributed by atoms with Crippen LogP contribution in [0.4, 0.5) is 4.39 Å². The Morgan fingerprint density at radius 1 is 0.909 bits per heavy atom. The van der Waals surface area contributed by atoms with Crippen LogP contribution in [-0.4, -0.2) is 63.5 Å². The zero-order chi connectivity index (χ0) is 38.6. The van der Waals surface area contributed by atoms with Crippen molar-refractivity contribution in [2.45, 2.75) is 96.2 Å². The van der Waals surface area contributed by atoms with E-state index in [0.29, 0.717) is 44.7 Å². The normalized spacial score (nSPS) is 35.2. The highest BCUT2D eigenvalue weighted by Crippen LogP contribution is 2.78. The van der Waals surface area contributed by atoms with Gasteiger partial charge in [0.25, 0.3) is 0 Å². The molecule has 2 spiro atoms. The molecular formula is C47H55ClFNO5. The average molecular weight is 768 g/mol. The van der Waals surface area contributed by atoms with Crippen LogP contribution in [0.5, 0.6) is 0 Å². The average Bonchev–Trinajstić information content (AvgIpc) is 3.43. The minimum absolute atomic E-state index is 0.0500.